The van der Waals surface area contributed by atoms with E-state index in [0.29, 0.717) is 5.69 Å². The first-order valence-electron chi connectivity index (χ1n) is 5.37. The highest BCUT2D eigenvalue weighted by atomic mass is 16.3. The highest BCUT2D eigenvalue weighted by Gasteiger charge is 2.04. The minimum absolute atomic E-state index is 0.0423. The molecule has 2 heterocycles. The van der Waals surface area contributed by atoms with E-state index in [-0.39, 0.29) is 6.61 Å². The van der Waals surface area contributed by atoms with Gasteiger partial charge in [0.2, 0.25) is 0 Å². The lowest BCUT2D eigenvalue weighted by atomic mass is 10.1. The fourth-order valence-corrected chi connectivity index (χ4v) is 1.89. The van der Waals surface area contributed by atoms with Gasteiger partial charge in [0.15, 0.2) is 0 Å². The van der Waals surface area contributed by atoms with Gasteiger partial charge in [-0.05, 0) is 18.2 Å². The SMILES string of the molecule is OCc1ccn(-c2cccc3cnccc23)n1. The van der Waals surface area contributed by atoms with Gasteiger partial charge < -0.3 is 5.11 Å². The summed E-state index contributed by atoms with van der Waals surface area (Å²) < 4.78 is 1.77. The zero-order valence-electron chi connectivity index (χ0n) is 9.11. The Balaban J connectivity index is 2.23. The maximum atomic E-state index is 9.03. The van der Waals surface area contributed by atoms with Crippen molar-refractivity contribution in [1.29, 1.82) is 0 Å². The Morgan fingerprint density at radius 3 is 2.94 bits per heavy atom. The molecule has 4 heteroatoms. The molecule has 2 aromatic heterocycles. The quantitative estimate of drug-likeness (QED) is 0.724. The van der Waals surface area contributed by atoms with Gasteiger partial charge in [-0.3, -0.25) is 4.98 Å². The van der Waals surface area contributed by atoms with Crippen LogP contribution in [0, 0.1) is 0 Å². The van der Waals surface area contributed by atoms with Gasteiger partial charge in [-0.2, -0.15) is 5.10 Å². The number of pyridine rings is 1. The third-order valence-electron chi connectivity index (χ3n) is 2.71. The topological polar surface area (TPSA) is 50.9 Å². The van der Waals surface area contributed by atoms with Crippen LogP contribution < -0.4 is 0 Å². The van der Waals surface area contributed by atoms with E-state index < -0.39 is 0 Å². The average molecular weight is 225 g/mol. The summed E-state index contributed by atoms with van der Waals surface area (Å²) in [5.74, 6) is 0. The van der Waals surface area contributed by atoms with Crippen LogP contribution in [-0.4, -0.2) is 19.9 Å². The van der Waals surface area contributed by atoms with Crippen molar-refractivity contribution in [3.63, 3.8) is 0 Å². The van der Waals surface area contributed by atoms with E-state index in [4.69, 9.17) is 5.11 Å². The average Bonchev–Trinajstić information content (AvgIpc) is 2.87. The van der Waals surface area contributed by atoms with E-state index >= 15 is 0 Å². The summed E-state index contributed by atoms with van der Waals surface area (Å²) in [6.07, 6.45) is 5.44. The van der Waals surface area contributed by atoms with E-state index in [1.807, 2.05) is 36.7 Å². The Kier molecular flexibility index (Phi) is 2.34. The molecule has 0 bridgehead atoms. The number of hydrogen-bond donors (Lipinski definition) is 1. The Morgan fingerprint density at radius 1 is 1.18 bits per heavy atom. The third-order valence-corrected chi connectivity index (χ3v) is 2.71. The number of aromatic nitrogens is 3. The Labute approximate surface area is 98.2 Å². The largest absolute Gasteiger partial charge is 0.390 e. The lowest BCUT2D eigenvalue weighted by Gasteiger charge is -2.05. The number of aliphatic hydroxyl groups excluding tert-OH is 1. The molecule has 0 aliphatic rings. The van der Waals surface area contributed by atoms with Crippen molar-refractivity contribution in [3.05, 3.63) is 54.6 Å². The first kappa shape index (κ1) is 9.99. The van der Waals surface area contributed by atoms with Crippen molar-refractivity contribution in [2.75, 3.05) is 0 Å². The minimum Gasteiger partial charge on any atom is -0.390 e. The molecule has 3 rings (SSSR count). The van der Waals surface area contributed by atoms with Crippen LogP contribution in [0.5, 0.6) is 0 Å². The van der Waals surface area contributed by atoms with Crippen LogP contribution in [0.3, 0.4) is 0 Å². The molecule has 0 fully saturated rings. The number of aliphatic hydroxyl groups is 1. The molecule has 17 heavy (non-hydrogen) atoms. The molecule has 0 unspecified atom stereocenters. The second-order valence-corrected chi connectivity index (χ2v) is 3.78. The summed E-state index contributed by atoms with van der Waals surface area (Å²) in [6, 6.07) is 9.75. The second kappa shape index (κ2) is 3.99. The van der Waals surface area contributed by atoms with Crippen LogP contribution in [-0.2, 0) is 6.61 Å². The lowest BCUT2D eigenvalue weighted by molar-refractivity contribution is 0.276. The van der Waals surface area contributed by atoms with Crippen LogP contribution in [0.15, 0.2) is 48.9 Å². The van der Waals surface area contributed by atoms with E-state index in [2.05, 4.69) is 10.1 Å². The molecule has 1 N–H and O–H groups in total. The molecular formula is C13H11N3O. The number of benzene rings is 1. The Hall–Kier alpha value is -2.20. The number of hydrogen-bond acceptors (Lipinski definition) is 3. The van der Waals surface area contributed by atoms with Crippen LogP contribution in [0.4, 0.5) is 0 Å². The van der Waals surface area contributed by atoms with Gasteiger partial charge in [0.05, 0.1) is 18.0 Å². The van der Waals surface area contributed by atoms with Gasteiger partial charge in [0.25, 0.3) is 0 Å². The van der Waals surface area contributed by atoms with Crippen LogP contribution >= 0.6 is 0 Å². The maximum absolute atomic E-state index is 9.03. The predicted octanol–water partition coefficient (Wildman–Crippen LogP) is 1.91. The van der Waals surface area contributed by atoms with Gasteiger partial charge >= 0.3 is 0 Å². The molecule has 1 aromatic carbocycles. The standard InChI is InChI=1S/C13H11N3O/c17-9-11-5-7-16(15-11)13-3-1-2-10-8-14-6-4-12(10)13/h1-8,17H,9H2. The molecule has 0 amide bonds. The summed E-state index contributed by atoms with van der Waals surface area (Å²) in [4.78, 5) is 4.10. The third kappa shape index (κ3) is 1.68. The van der Waals surface area contributed by atoms with Gasteiger partial charge in [-0.15, -0.1) is 0 Å². The maximum Gasteiger partial charge on any atom is 0.0883 e. The van der Waals surface area contributed by atoms with Crippen molar-refractivity contribution in [2.24, 2.45) is 0 Å². The van der Waals surface area contributed by atoms with E-state index in [0.717, 1.165) is 16.5 Å². The van der Waals surface area contributed by atoms with E-state index in [1.54, 1.807) is 16.9 Å². The predicted molar refractivity (Wildman–Crippen MR) is 64.8 cm³/mol. The van der Waals surface area contributed by atoms with Crippen molar-refractivity contribution >= 4 is 10.8 Å². The first-order chi connectivity index (χ1) is 8.38. The van der Waals surface area contributed by atoms with Gasteiger partial charge in [0.1, 0.15) is 0 Å². The monoisotopic (exact) mass is 225 g/mol. The number of rotatable bonds is 2. The molecule has 84 valence electrons. The zero-order valence-corrected chi connectivity index (χ0v) is 9.11. The normalized spacial score (nSPS) is 10.9. The van der Waals surface area contributed by atoms with Crippen molar-refractivity contribution in [3.8, 4) is 5.69 Å². The second-order valence-electron chi connectivity index (χ2n) is 3.78. The summed E-state index contributed by atoms with van der Waals surface area (Å²) in [6.45, 7) is -0.0423. The first-order valence-corrected chi connectivity index (χ1v) is 5.37. The molecule has 3 aromatic rings. The molecule has 0 spiro atoms. The van der Waals surface area contributed by atoms with E-state index in [1.165, 1.54) is 0 Å². The number of fused-ring (bicyclic) bond motifs is 1. The highest BCUT2D eigenvalue weighted by Crippen LogP contribution is 2.20. The fourth-order valence-electron chi connectivity index (χ4n) is 1.89. The van der Waals surface area contributed by atoms with Crippen molar-refractivity contribution in [2.45, 2.75) is 6.61 Å². The Morgan fingerprint density at radius 2 is 2.12 bits per heavy atom. The van der Waals surface area contributed by atoms with Crippen molar-refractivity contribution in [1.82, 2.24) is 14.8 Å². The summed E-state index contributed by atoms with van der Waals surface area (Å²) in [5.41, 5.74) is 1.65. The van der Waals surface area contributed by atoms with Crippen LogP contribution in [0.1, 0.15) is 5.69 Å². The summed E-state index contributed by atoms with van der Waals surface area (Å²) >= 11 is 0. The molecule has 0 aliphatic carbocycles. The smallest absolute Gasteiger partial charge is 0.0883 e. The van der Waals surface area contributed by atoms with Crippen molar-refractivity contribution < 1.29 is 5.11 Å². The summed E-state index contributed by atoms with van der Waals surface area (Å²) in [5, 5.41) is 15.5. The van der Waals surface area contributed by atoms with Gasteiger partial charge in [0, 0.05) is 29.4 Å². The molecule has 0 radical (unpaired) electrons. The Bertz CT molecular complexity index is 655. The molecule has 0 aliphatic heterocycles. The molecule has 0 saturated carbocycles. The van der Waals surface area contributed by atoms with Crippen LogP contribution in [0.2, 0.25) is 0 Å². The molecule has 4 nitrogen and oxygen atoms in total. The molecule has 0 atom stereocenters. The number of nitrogens with zero attached hydrogens (tertiary/aromatic N) is 3. The van der Waals surface area contributed by atoms with E-state index in [9.17, 15) is 0 Å². The van der Waals surface area contributed by atoms with Crippen LogP contribution in [0.25, 0.3) is 16.5 Å². The fraction of sp³-hybridized carbons (Fsp3) is 0.0769. The highest BCUT2D eigenvalue weighted by molar-refractivity contribution is 5.89. The minimum atomic E-state index is -0.0423. The van der Waals surface area contributed by atoms with Gasteiger partial charge in [-0.1, -0.05) is 12.1 Å². The van der Waals surface area contributed by atoms with Gasteiger partial charge in [-0.25, -0.2) is 4.68 Å². The lowest BCUT2D eigenvalue weighted by Crippen LogP contribution is -1.97. The summed E-state index contributed by atoms with van der Waals surface area (Å²) in [7, 11) is 0. The molecular weight excluding hydrogens is 214 g/mol. The zero-order chi connectivity index (χ0) is 11.7. The molecule has 0 saturated heterocycles.